The number of hydrogen-bond donors (Lipinski definition) is 1. The number of carboxylic acids is 1. The lowest BCUT2D eigenvalue weighted by Crippen LogP contribution is -2.33. The molecule has 2 aromatic rings. The average molecular weight is 383 g/mol. The number of carboxylic acid groups (broad SMARTS) is 1. The minimum absolute atomic E-state index is 0.0440. The Hall–Kier alpha value is -2.63. The molecule has 1 fully saturated rings. The first kappa shape index (κ1) is 20.1. The zero-order chi connectivity index (χ0) is 20.3. The zero-order valence-corrected chi connectivity index (χ0v) is 16.9. The highest BCUT2D eigenvalue weighted by Crippen LogP contribution is 2.41. The molecule has 0 spiro atoms. The summed E-state index contributed by atoms with van der Waals surface area (Å²) in [6.07, 6.45) is 2.75. The number of benzene rings is 1. The van der Waals surface area contributed by atoms with Gasteiger partial charge >= 0.3 is 5.97 Å². The molecule has 1 aromatic carbocycles. The Kier molecular flexibility index (Phi) is 5.87. The maximum atomic E-state index is 13.3. The molecule has 1 heterocycles. The Balaban J connectivity index is 1.84. The van der Waals surface area contributed by atoms with Gasteiger partial charge in [0.1, 0.15) is 0 Å². The van der Waals surface area contributed by atoms with E-state index in [0.717, 1.165) is 24.1 Å². The fourth-order valence-electron chi connectivity index (χ4n) is 3.35. The number of carbonyl (C=O) groups excluding carboxylic acids is 1. The highest BCUT2D eigenvalue weighted by Gasteiger charge is 2.33. The van der Waals surface area contributed by atoms with Crippen molar-refractivity contribution in [3.8, 4) is 0 Å². The summed E-state index contributed by atoms with van der Waals surface area (Å²) in [7, 11) is 0. The molecule has 1 amide bonds. The minimum Gasteiger partial charge on any atom is -0.481 e. The fraction of sp³-hybridized carbons (Fsp3) is 0.500. The SMILES string of the molecule is CC(C)(C)n1nc(C(=O)N(CCCC(=O)O)Cc2ccccc2)cc1C1CC1. The summed E-state index contributed by atoms with van der Waals surface area (Å²) >= 11 is 0. The zero-order valence-electron chi connectivity index (χ0n) is 16.9. The van der Waals surface area contributed by atoms with E-state index >= 15 is 0 Å². The molecule has 1 N–H and O–H groups in total. The molecule has 0 bridgehead atoms. The number of amides is 1. The lowest BCUT2D eigenvalue weighted by molar-refractivity contribution is -0.137. The highest BCUT2D eigenvalue weighted by atomic mass is 16.4. The van der Waals surface area contributed by atoms with Gasteiger partial charge in [0, 0.05) is 31.1 Å². The van der Waals surface area contributed by atoms with Crippen LogP contribution in [0.5, 0.6) is 0 Å². The van der Waals surface area contributed by atoms with Gasteiger partial charge in [-0.25, -0.2) is 0 Å². The molecule has 28 heavy (non-hydrogen) atoms. The third-order valence-corrected chi connectivity index (χ3v) is 4.91. The van der Waals surface area contributed by atoms with Gasteiger partial charge in [0.2, 0.25) is 0 Å². The van der Waals surface area contributed by atoms with Gasteiger partial charge in [-0.2, -0.15) is 5.10 Å². The van der Waals surface area contributed by atoms with Crippen LogP contribution in [0.15, 0.2) is 36.4 Å². The maximum Gasteiger partial charge on any atom is 0.303 e. The fourth-order valence-corrected chi connectivity index (χ4v) is 3.35. The number of aliphatic carboxylic acids is 1. The predicted octanol–water partition coefficient (Wildman–Crippen LogP) is 4.02. The Labute approximate surface area is 166 Å². The van der Waals surface area contributed by atoms with Crippen LogP contribution in [0.2, 0.25) is 0 Å². The van der Waals surface area contributed by atoms with E-state index in [4.69, 9.17) is 5.11 Å². The van der Waals surface area contributed by atoms with Gasteiger partial charge in [-0.3, -0.25) is 14.3 Å². The van der Waals surface area contributed by atoms with E-state index in [-0.39, 0.29) is 17.9 Å². The van der Waals surface area contributed by atoms with Gasteiger partial charge in [0.25, 0.3) is 5.91 Å². The Morgan fingerprint density at radius 2 is 1.89 bits per heavy atom. The molecule has 0 unspecified atom stereocenters. The van der Waals surface area contributed by atoms with Crippen molar-refractivity contribution in [2.75, 3.05) is 6.54 Å². The first-order valence-electron chi connectivity index (χ1n) is 9.91. The van der Waals surface area contributed by atoms with E-state index in [2.05, 4.69) is 25.9 Å². The number of aromatic nitrogens is 2. The van der Waals surface area contributed by atoms with Gasteiger partial charge in [-0.05, 0) is 51.7 Å². The van der Waals surface area contributed by atoms with Crippen LogP contribution in [-0.2, 0) is 16.9 Å². The topological polar surface area (TPSA) is 75.4 Å². The highest BCUT2D eigenvalue weighted by molar-refractivity contribution is 5.92. The van der Waals surface area contributed by atoms with E-state index in [1.165, 1.54) is 0 Å². The van der Waals surface area contributed by atoms with Crippen molar-refractivity contribution in [3.05, 3.63) is 53.3 Å². The molecule has 6 heteroatoms. The lowest BCUT2D eigenvalue weighted by Gasteiger charge is -2.23. The monoisotopic (exact) mass is 383 g/mol. The summed E-state index contributed by atoms with van der Waals surface area (Å²) in [4.78, 5) is 25.9. The van der Waals surface area contributed by atoms with Gasteiger partial charge < -0.3 is 10.0 Å². The molecule has 0 radical (unpaired) electrons. The largest absolute Gasteiger partial charge is 0.481 e. The molecule has 6 nitrogen and oxygen atoms in total. The summed E-state index contributed by atoms with van der Waals surface area (Å²) < 4.78 is 1.98. The second kappa shape index (κ2) is 8.17. The predicted molar refractivity (Wildman–Crippen MR) is 107 cm³/mol. The standard InChI is InChI=1S/C22H29N3O3/c1-22(2,3)25-19(17-11-12-17)14-18(23-25)21(28)24(13-7-10-20(26)27)15-16-8-5-4-6-9-16/h4-6,8-9,14,17H,7,10-13,15H2,1-3H3,(H,26,27). The van der Waals surface area contributed by atoms with Crippen LogP contribution < -0.4 is 0 Å². The van der Waals surface area contributed by atoms with E-state index in [0.29, 0.717) is 31.1 Å². The number of carbonyl (C=O) groups is 2. The van der Waals surface area contributed by atoms with Crippen molar-refractivity contribution >= 4 is 11.9 Å². The van der Waals surface area contributed by atoms with Crippen molar-refractivity contribution in [2.45, 2.75) is 64.5 Å². The molecule has 0 atom stereocenters. The quantitative estimate of drug-likeness (QED) is 0.747. The van der Waals surface area contributed by atoms with Crippen LogP contribution in [0.25, 0.3) is 0 Å². The normalized spacial score (nSPS) is 14.1. The number of rotatable bonds is 8. The van der Waals surface area contributed by atoms with Crippen molar-refractivity contribution < 1.29 is 14.7 Å². The van der Waals surface area contributed by atoms with Crippen LogP contribution >= 0.6 is 0 Å². The van der Waals surface area contributed by atoms with Crippen LogP contribution in [-0.4, -0.2) is 38.2 Å². The molecule has 0 saturated heterocycles. The molecule has 1 saturated carbocycles. The van der Waals surface area contributed by atoms with Gasteiger partial charge in [0.15, 0.2) is 5.69 Å². The molecule has 150 valence electrons. The van der Waals surface area contributed by atoms with Crippen molar-refractivity contribution in [1.82, 2.24) is 14.7 Å². The summed E-state index contributed by atoms with van der Waals surface area (Å²) in [6, 6.07) is 11.7. The first-order valence-corrected chi connectivity index (χ1v) is 9.91. The van der Waals surface area contributed by atoms with Crippen LogP contribution in [0.3, 0.4) is 0 Å². The Bertz CT molecular complexity index is 832. The first-order chi connectivity index (χ1) is 13.3. The molecule has 0 aliphatic heterocycles. The van der Waals surface area contributed by atoms with Gasteiger partial charge in [0.05, 0.1) is 5.54 Å². The minimum atomic E-state index is -0.847. The van der Waals surface area contributed by atoms with Crippen molar-refractivity contribution in [2.24, 2.45) is 0 Å². The van der Waals surface area contributed by atoms with Crippen LogP contribution in [0, 0.1) is 0 Å². The van der Waals surface area contributed by atoms with E-state index < -0.39 is 5.97 Å². The molecule has 3 rings (SSSR count). The van der Waals surface area contributed by atoms with Crippen LogP contribution in [0.1, 0.15) is 74.1 Å². The molecule has 1 aliphatic carbocycles. The molecular formula is C22H29N3O3. The van der Waals surface area contributed by atoms with E-state index in [1.54, 1.807) is 4.90 Å². The van der Waals surface area contributed by atoms with Crippen molar-refractivity contribution in [1.29, 1.82) is 0 Å². The Morgan fingerprint density at radius 3 is 2.46 bits per heavy atom. The van der Waals surface area contributed by atoms with E-state index in [9.17, 15) is 9.59 Å². The van der Waals surface area contributed by atoms with E-state index in [1.807, 2.05) is 41.1 Å². The van der Waals surface area contributed by atoms with Gasteiger partial charge in [-0.15, -0.1) is 0 Å². The summed E-state index contributed by atoms with van der Waals surface area (Å²) in [5.74, 6) is -0.498. The molecular weight excluding hydrogens is 354 g/mol. The average Bonchev–Trinajstić information content (AvgIpc) is 3.38. The van der Waals surface area contributed by atoms with Gasteiger partial charge in [-0.1, -0.05) is 30.3 Å². The smallest absolute Gasteiger partial charge is 0.303 e. The molecule has 1 aromatic heterocycles. The summed E-state index contributed by atoms with van der Waals surface area (Å²) in [5, 5.41) is 13.6. The van der Waals surface area contributed by atoms with Crippen LogP contribution in [0.4, 0.5) is 0 Å². The molecule has 1 aliphatic rings. The number of hydrogen-bond acceptors (Lipinski definition) is 3. The Morgan fingerprint density at radius 1 is 1.21 bits per heavy atom. The summed E-state index contributed by atoms with van der Waals surface area (Å²) in [5.41, 5.74) is 2.40. The third-order valence-electron chi connectivity index (χ3n) is 4.91. The third kappa shape index (κ3) is 5.00. The second-order valence-corrected chi connectivity index (χ2v) is 8.52. The summed E-state index contributed by atoms with van der Waals surface area (Å²) in [6.45, 7) is 7.11. The number of nitrogens with zero attached hydrogens (tertiary/aromatic N) is 3. The second-order valence-electron chi connectivity index (χ2n) is 8.52. The van der Waals surface area contributed by atoms with Crippen molar-refractivity contribution in [3.63, 3.8) is 0 Å². The lowest BCUT2D eigenvalue weighted by atomic mass is 10.1. The maximum absolute atomic E-state index is 13.3.